The second-order valence-corrected chi connectivity index (χ2v) is 10.4. The molecule has 0 saturated heterocycles. The second kappa shape index (κ2) is 23.2. The molecule has 0 aromatic rings. The van der Waals surface area contributed by atoms with Crippen molar-refractivity contribution in [3.63, 3.8) is 0 Å². The summed E-state index contributed by atoms with van der Waals surface area (Å²) in [6.07, 6.45) is 13.5. The van der Waals surface area contributed by atoms with Gasteiger partial charge in [0, 0.05) is 18.5 Å². The van der Waals surface area contributed by atoms with Crippen LogP contribution in [-0.2, 0) is 14.3 Å². The zero-order valence-electron chi connectivity index (χ0n) is 22.7. The van der Waals surface area contributed by atoms with Crippen molar-refractivity contribution in [1.82, 2.24) is 5.32 Å². The minimum absolute atomic E-state index is 0. The number of carbonyl (C=O) groups is 2. The molecule has 0 saturated carbocycles. The van der Waals surface area contributed by atoms with E-state index in [0.717, 1.165) is 32.1 Å². The van der Waals surface area contributed by atoms with Gasteiger partial charge in [-0.05, 0) is 45.4 Å². The predicted molar refractivity (Wildman–Crippen MR) is 146 cm³/mol. The standard InChI is InChI=1S/C22H40O3.C6H15N.Li.H/c1-6-8-9-10-11-12-13-16-20(23)18-21(24)25-22(4,5)17-14-15-19(3)7-2;1-5(2)7-6(3)4;;/h7,19H,2,6,8-18H2,1,3-5H3;5-7H,1-4H3;;. The van der Waals surface area contributed by atoms with Crippen LogP contribution < -0.4 is 5.32 Å². The van der Waals surface area contributed by atoms with E-state index in [1.165, 1.54) is 32.1 Å². The third-order valence-electron chi connectivity index (χ3n) is 5.30. The first kappa shape index (κ1) is 37.0. The summed E-state index contributed by atoms with van der Waals surface area (Å²) < 4.78 is 5.51. The van der Waals surface area contributed by atoms with E-state index in [0.29, 0.717) is 24.4 Å². The molecule has 0 aliphatic carbocycles. The summed E-state index contributed by atoms with van der Waals surface area (Å²) >= 11 is 0. The third-order valence-corrected chi connectivity index (χ3v) is 5.30. The quantitative estimate of drug-likeness (QED) is 0.0774. The zero-order valence-corrected chi connectivity index (χ0v) is 22.7. The van der Waals surface area contributed by atoms with Crippen LogP contribution in [0.2, 0.25) is 0 Å². The molecular formula is C28H56LiNO3. The fraction of sp³-hybridized carbons (Fsp3) is 0.857. The molecule has 0 aliphatic heterocycles. The minimum atomic E-state index is -0.502. The van der Waals surface area contributed by atoms with Crippen molar-refractivity contribution >= 4 is 30.6 Å². The molecule has 0 aromatic heterocycles. The van der Waals surface area contributed by atoms with Crippen LogP contribution in [0, 0.1) is 5.92 Å². The Morgan fingerprint density at radius 3 is 1.88 bits per heavy atom. The molecule has 1 unspecified atom stereocenters. The molecular weight excluding hydrogens is 405 g/mol. The number of nitrogens with one attached hydrogen (secondary N) is 1. The summed E-state index contributed by atoms with van der Waals surface area (Å²) in [5, 5.41) is 3.31. The normalized spacial score (nSPS) is 11.9. The predicted octanol–water partition coefficient (Wildman–Crippen LogP) is 7.14. The van der Waals surface area contributed by atoms with Crippen LogP contribution in [-0.4, -0.2) is 48.3 Å². The summed E-state index contributed by atoms with van der Waals surface area (Å²) in [5.74, 6) is 0.111. The Hall–Kier alpha value is -0.563. The van der Waals surface area contributed by atoms with E-state index in [2.05, 4.69) is 53.4 Å². The van der Waals surface area contributed by atoms with Crippen LogP contribution in [0.25, 0.3) is 0 Å². The number of allylic oxidation sites excluding steroid dienone is 1. The number of Topliss-reactive ketones (excluding diaryl/α,β-unsaturated/α-hetero) is 1. The van der Waals surface area contributed by atoms with Crippen LogP contribution in [0.4, 0.5) is 0 Å². The average molecular weight is 462 g/mol. The van der Waals surface area contributed by atoms with Gasteiger partial charge >= 0.3 is 24.8 Å². The molecule has 0 fully saturated rings. The van der Waals surface area contributed by atoms with Crippen molar-refractivity contribution in [2.24, 2.45) is 5.92 Å². The number of carbonyl (C=O) groups excluding carboxylic acids is 2. The van der Waals surface area contributed by atoms with E-state index in [1.807, 2.05) is 19.9 Å². The molecule has 0 aromatic carbocycles. The van der Waals surface area contributed by atoms with Crippen molar-refractivity contribution in [2.75, 3.05) is 0 Å². The van der Waals surface area contributed by atoms with E-state index in [1.54, 1.807) is 0 Å². The SMILES string of the molecule is C=CC(C)CCCC(C)(C)OC(=O)CC(=O)CCCCCCCCC.CC(C)NC(C)C.[LiH]. The Labute approximate surface area is 218 Å². The van der Waals surface area contributed by atoms with Crippen molar-refractivity contribution in [3.8, 4) is 0 Å². The Bertz CT molecular complexity index is 484. The van der Waals surface area contributed by atoms with Gasteiger partial charge in [-0.3, -0.25) is 9.59 Å². The number of ether oxygens (including phenoxy) is 1. The number of esters is 1. The first-order chi connectivity index (χ1) is 14.9. The number of rotatable bonds is 18. The number of hydrogen-bond acceptors (Lipinski definition) is 4. The van der Waals surface area contributed by atoms with E-state index in [-0.39, 0.29) is 37.0 Å². The van der Waals surface area contributed by atoms with Gasteiger partial charge in [0.1, 0.15) is 17.8 Å². The maximum absolute atomic E-state index is 12.0. The van der Waals surface area contributed by atoms with Crippen molar-refractivity contribution in [3.05, 3.63) is 12.7 Å². The molecule has 0 heterocycles. The van der Waals surface area contributed by atoms with Gasteiger partial charge in [0.2, 0.25) is 0 Å². The van der Waals surface area contributed by atoms with Crippen molar-refractivity contribution in [1.29, 1.82) is 0 Å². The first-order valence-electron chi connectivity index (χ1n) is 13.1. The molecule has 5 heteroatoms. The number of ketones is 1. The van der Waals surface area contributed by atoms with Gasteiger partial charge in [-0.15, -0.1) is 6.58 Å². The molecule has 0 amide bonds. The number of unbranched alkanes of at least 4 members (excludes halogenated alkanes) is 6. The van der Waals surface area contributed by atoms with E-state index < -0.39 is 5.60 Å². The molecule has 192 valence electrons. The van der Waals surface area contributed by atoms with Crippen LogP contribution in [0.1, 0.15) is 132 Å². The molecule has 4 nitrogen and oxygen atoms in total. The fourth-order valence-corrected chi connectivity index (χ4v) is 3.56. The van der Waals surface area contributed by atoms with Gasteiger partial charge in [-0.1, -0.05) is 86.1 Å². The van der Waals surface area contributed by atoms with Crippen LogP contribution in [0.5, 0.6) is 0 Å². The first-order valence-corrected chi connectivity index (χ1v) is 13.1. The van der Waals surface area contributed by atoms with E-state index >= 15 is 0 Å². The van der Waals surface area contributed by atoms with Crippen LogP contribution >= 0.6 is 0 Å². The molecule has 0 rings (SSSR count). The Balaban J connectivity index is -0.000000969. The monoisotopic (exact) mass is 461 g/mol. The van der Waals surface area contributed by atoms with Crippen molar-refractivity contribution in [2.45, 2.75) is 150 Å². The second-order valence-electron chi connectivity index (χ2n) is 10.4. The summed E-state index contributed by atoms with van der Waals surface area (Å²) in [6.45, 7) is 20.6. The van der Waals surface area contributed by atoms with Gasteiger partial charge in [-0.2, -0.15) is 0 Å². The molecule has 0 bridgehead atoms. The average Bonchev–Trinajstić information content (AvgIpc) is 2.65. The topological polar surface area (TPSA) is 55.4 Å². The molecule has 1 N–H and O–H groups in total. The van der Waals surface area contributed by atoms with Crippen LogP contribution in [0.3, 0.4) is 0 Å². The zero-order chi connectivity index (χ0) is 25.0. The van der Waals surface area contributed by atoms with Gasteiger partial charge in [-0.25, -0.2) is 0 Å². The Morgan fingerprint density at radius 2 is 1.42 bits per heavy atom. The Morgan fingerprint density at radius 1 is 0.909 bits per heavy atom. The van der Waals surface area contributed by atoms with Crippen molar-refractivity contribution < 1.29 is 14.3 Å². The van der Waals surface area contributed by atoms with E-state index in [4.69, 9.17) is 4.74 Å². The van der Waals surface area contributed by atoms with Gasteiger partial charge in [0.15, 0.2) is 0 Å². The fourth-order valence-electron chi connectivity index (χ4n) is 3.56. The van der Waals surface area contributed by atoms with Crippen LogP contribution in [0.15, 0.2) is 12.7 Å². The molecule has 33 heavy (non-hydrogen) atoms. The summed E-state index contributed by atoms with van der Waals surface area (Å²) in [7, 11) is 0. The van der Waals surface area contributed by atoms with Gasteiger partial charge in [0.25, 0.3) is 0 Å². The van der Waals surface area contributed by atoms with Gasteiger partial charge in [0.05, 0.1) is 0 Å². The molecule has 1 atom stereocenters. The maximum atomic E-state index is 12.0. The summed E-state index contributed by atoms with van der Waals surface area (Å²) in [5.41, 5.74) is -0.502. The van der Waals surface area contributed by atoms with E-state index in [9.17, 15) is 9.59 Å². The summed E-state index contributed by atoms with van der Waals surface area (Å²) in [4.78, 5) is 23.9. The van der Waals surface area contributed by atoms with Gasteiger partial charge < -0.3 is 10.1 Å². The number of hydrogen-bond donors (Lipinski definition) is 1. The molecule has 0 radical (unpaired) electrons. The third kappa shape index (κ3) is 29.4. The Kier molecular flexibility index (Phi) is 26.0. The molecule has 0 aliphatic rings. The summed E-state index contributed by atoms with van der Waals surface area (Å²) in [6, 6.07) is 1.25. The molecule has 0 spiro atoms.